The van der Waals surface area contributed by atoms with Gasteiger partial charge < -0.3 is 10.5 Å². The second-order valence-corrected chi connectivity index (χ2v) is 5.30. The first-order valence-electron chi connectivity index (χ1n) is 4.36. The summed E-state index contributed by atoms with van der Waals surface area (Å²) in [4.78, 5) is 3.99. The van der Waals surface area contributed by atoms with E-state index in [1.54, 1.807) is 0 Å². The minimum Gasteiger partial charge on any atom is -0.406 e. The van der Waals surface area contributed by atoms with Crippen molar-refractivity contribution in [2.45, 2.75) is 6.36 Å². The molecule has 0 unspecified atom stereocenters. The summed E-state index contributed by atoms with van der Waals surface area (Å²) in [6.07, 6.45) is -4.73. The summed E-state index contributed by atoms with van der Waals surface area (Å²) >= 11 is 10.4. The van der Waals surface area contributed by atoms with Crippen molar-refractivity contribution in [3.8, 4) is 5.75 Å². The van der Waals surface area contributed by atoms with Crippen LogP contribution in [-0.2, 0) is 0 Å². The van der Waals surface area contributed by atoms with Crippen molar-refractivity contribution >= 4 is 61.6 Å². The molecule has 0 fully saturated rings. The molecule has 18 heavy (non-hydrogen) atoms. The number of ether oxygens (including phenoxy) is 1. The van der Waals surface area contributed by atoms with Crippen LogP contribution in [0, 0.1) is 3.57 Å². The Hall–Kier alpha value is -0.220. The zero-order chi connectivity index (χ0) is 13.9. The number of nitrogens with two attached hydrogens (primary N) is 1. The van der Waals surface area contributed by atoms with Gasteiger partial charge in [-0.3, -0.25) is 0 Å². The van der Waals surface area contributed by atoms with Gasteiger partial charge in [-0.15, -0.1) is 24.8 Å². The average Bonchev–Trinajstić information content (AvgIpc) is 2.20. The Bertz CT molecular complexity index is 458. The van der Waals surface area contributed by atoms with Crippen LogP contribution in [0.15, 0.2) is 21.6 Å². The predicted molar refractivity (Wildman–Crippen MR) is 75.5 cm³/mol. The van der Waals surface area contributed by atoms with Crippen molar-refractivity contribution in [1.82, 2.24) is 0 Å². The van der Waals surface area contributed by atoms with E-state index < -0.39 is 6.36 Å². The van der Waals surface area contributed by atoms with Gasteiger partial charge in [-0.1, -0.05) is 0 Å². The molecule has 0 aliphatic heterocycles. The van der Waals surface area contributed by atoms with E-state index >= 15 is 0 Å². The van der Waals surface area contributed by atoms with Crippen molar-refractivity contribution in [3.63, 3.8) is 0 Å². The first kappa shape index (κ1) is 15.8. The van der Waals surface area contributed by atoms with Crippen LogP contribution in [0.3, 0.4) is 0 Å². The lowest BCUT2D eigenvalue weighted by Gasteiger charge is -2.11. The molecule has 0 spiro atoms. The van der Waals surface area contributed by atoms with Crippen LogP contribution in [-0.4, -0.2) is 18.1 Å². The fraction of sp³-hybridized carbons (Fsp3) is 0.222. The van der Waals surface area contributed by atoms with Gasteiger partial charge in [0.15, 0.2) is 0 Å². The summed E-state index contributed by atoms with van der Waals surface area (Å²) in [5.74, 6) is -0.134. The third-order valence-corrected chi connectivity index (χ3v) is 3.32. The SMILES string of the molecule is NC(CCl)=Nc1c(Br)cc(OC(F)(F)F)cc1I. The van der Waals surface area contributed by atoms with Gasteiger partial charge in [-0.05, 0) is 50.7 Å². The summed E-state index contributed by atoms with van der Waals surface area (Å²) in [7, 11) is 0. The van der Waals surface area contributed by atoms with E-state index in [0.717, 1.165) is 6.07 Å². The zero-order valence-electron chi connectivity index (χ0n) is 8.56. The molecule has 0 aromatic heterocycles. The molecule has 0 atom stereocenters. The van der Waals surface area contributed by atoms with Crippen LogP contribution in [0.2, 0.25) is 0 Å². The van der Waals surface area contributed by atoms with E-state index in [0.29, 0.717) is 13.7 Å². The van der Waals surface area contributed by atoms with Gasteiger partial charge in [-0.2, -0.15) is 0 Å². The predicted octanol–water partition coefficient (Wildman–Crippen LogP) is 4.18. The number of aliphatic imine (C=N–C) groups is 1. The fourth-order valence-electron chi connectivity index (χ4n) is 1.02. The molecule has 0 heterocycles. The van der Waals surface area contributed by atoms with E-state index in [2.05, 4.69) is 25.7 Å². The highest BCUT2D eigenvalue weighted by atomic mass is 127. The Kier molecular flexibility index (Phi) is 5.53. The minimum absolute atomic E-state index is 0.0311. The quantitative estimate of drug-likeness (QED) is 0.321. The molecule has 0 aliphatic rings. The summed E-state index contributed by atoms with van der Waals surface area (Å²) in [6, 6.07) is 2.37. The Morgan fingerprint density at radius 1 is 1.50 bits per heavy atom. The first-order chi connectivity index (χ1) is 8.23. The molecule has 100 valence electrons. The van der Waals surface area contributed by atoms with Gasteiger partial charge in [0.1, 0.15) is 11.6 Å². The maximum atomic E-state index is 12.1. The van der Waals surface area contributed by atoms with E-state index in [-0.39, 0.29) is 17.5 Å². The monoisotopic (exact) mass is 456 g/mol. The van der Waals surface area contributed by atoms with E-state index in [1.807, 2.05) is 22.6 Å². The van der Waals surface area contributed by atoms with Crippen molar-refractivity contribution in [2.75, 3.05) is 5.88 Å². The Morgan fingerprint density at radius 3 is 2.56 bits per heavy atom. The van der Waals surface area contributed by atoms with Gasteiger partial charge in [0.05, 0.1) is 11.6 Å². The van der Waals surface area contributed by atoms with Crippen LogP contribution in [0.5, 0.6) is 5.75 Å². The minimum atomic E-state index is -4.73. The molecule has 1 aromatic rings. The zero-order valence-corrected chi connectivity index (χ0v) is 13.1. The molecule has 0 saturated heterocycles. The van der Waals surface area contributed by atoms with Crippen LogP contribution < -0.4 is 10.5 Å². The van der Waals surface area contributed by atoms with Crippen molar-refractivity contribution < 1.29 is 17.9 Å². The number of hydrogen-bond donors (Lipinski definition) is 1. The number of rotatable bonds is 3. The Morgan fingerprint density at radius 2 is 2.11 bits per heavy atom. The molecule has 9 heteroatoms. The number of halogens is 6. The number of benzene rings is 1. The van der Waals surface area contributed by atoms with Crippen molar-refractivity contribution in [1.29, 1.82) is 0 Å². The number of alkyl halides is 4. The standard InChI is InChI=1S/C9H6BrClF3IN2O/c10-5-1-4(18-9(12,13)14)2-6(15)8(5)17-7(16)3-11/h1-2H,3H2,(H2,16,17). The second-order valence-electron chi connectivity index (χ2n) is 3.02. The topological polar surface area (TPSA) is 47.6 Å². The van der Waals surface area contributed by atoms with Crippen LogP contribution >= 0.6 is 50.1 Å². The smallest absolute Gasteiger partial charge is 0.406 e. The van der Waals surface area contributed by atoms with Gasteiger partial charge in [0.2, 0.25) is 0 Å². The van der Waals surface area contributed by atoms with Gasteiger partial charge in [0.25, 0.3) is 0 Å². The molecule has 3 nitrogen and oxygen atoms in total. The highest BCUT2D eigenvalue weighted by Crippen LogP contribution is 2.36. The van der Waals surface area contributed by atoms with Crippen LogP contribution in [0.1, 0.15) is 0 Å². The third-order valence-electron chi connectivity index (χ3n) is 1.62. The lowest BCUT2D eigenvalue weighted by Crippen LogP contribution is -2.17. The largest absolute Gasteiger partial charge is 0.573 e. The molecule has 1 rings (SSSR count). The van der Waals surface area contributed by atoms with E-state index in [4.69, 9.17) is 17.3 Å². The molecule has 0 bridgehead atoms. The number of nitrogens with zero attached hydrogens (tertiary/aromatic N) is 1. The molecular weight excluding hydrogens is 451 g/mol. The summed E-state index contributed by atoms with van der Waals surface area (Å²) in [6.45, 7) is 0. The van der Waals surface area contributed by atoms with Crippen LogP contribution in [0.4, 0.5) is 18.9 Å². The summed E-state index contributed by atoms with van der Waals surface area (Å²) in [5.41, 5.74) is 5.87. The molecule has 1 aromatic carbocycles. The molecule has 2 N–H and O–H groups in total. The second kappa shape index (κ2) is 6.29. The Balaban J connectivity index is 3.13. The molecule has 0 saturated carbocycles. The van der Waals surface area contributed by atoms with E-state index in [1.165, 1.54) is 6.07 Å². The molecular formula is C9H6BrClF3IN2O. The number of amidine groups is 1. The number of hydrogen-bond acceptors (Lipinski definition) is 2. The van der Waals surface area contributed by atoms with Crippen LogP contribution in [0.25, 0.3) is 0 Å². The average molecular weight is 457 g/mol. The van der Waals surface area contributed by atoms with Gasteiger partial charge >= 0.3 is 6.36 Å². The normalized spacial score (nSPS) is 12.7. The molecule has 0 aliphatic carbocycles. The highest BCUT2D eigenvalue weighted by Gasteiger charge is 2.31. The first-order valence-corrected chi connectivity index (χ1v) is 6.77. The third kappa shape index (κ3) is 4.81. The van der Waals surface area contributed by atoms with Crippen molar-refractivity contribution in [3.05, 3.63) is 20.2 Å². The van der Waals surface area contributed by atoms with E-state index in [9.17, 15) is 13.2 Å². The lowest BCUT2D eigenvalue weighted by atomic mass is 10.3. The van der Waals surface area contributed by atoms with Gasteiger partial charge in [-0.25, -0.2) is 4.99 Å². The fourth-order valence-corrected chi connectivity index (χ4v) is 2.69. The summed E-state index contributed by atoms with van der Waals surface area (Å²) in [5, 5.41) is 0. The molecule has 0 amide bonds. The maximum absolute atomic E-state index is 12.1. The highest BCUT2D eigenvalue weighted by molar-refractivity contribution is 14.1. The lowest BCUT2D eigenvalue weighted by molar-refractivity contribution is -0.274. The van der Waals surface area contributed by atoms with Gasteiger partial charge in [0, 0.05) is 8.04 Å². The molecule has 0 radical (unpaired) electrons. The van der Waals surface area contributed by atoms with Crippen molar-refractivity contribution in [2.24, 2.45) is 10.7 Å². The Labute approximate surface area is 128 Å². The summed E-state index contributed by atoms with van der Waals surface area (Å²) < 4.78 is 40.8. The maximum Gasteiger partial charge on any atom is 0.573 e.